The summed E-state index contributed by atoms with van der Waals surface area (Å²) >= 11 is 0. The molecule has 106 valence electrons. The molecule has 0 aliphatic heterocycles. The molecule has 0 aromatic rings. The number of hydrogen-bond donors (Lipinski definition) is 2. The summed E-state index contributed by atoms with van der Waals surface area (Å²) < 4.78 is 0. The van der Waals surface area contributed by atoms with Gasteiger partial charge in [-0.2, -0.15) is 0 Å². The molecule has 1 rings (SSSR count). The molecule has 1 aliphatic carbocycles. The fourth-order valence-corrected chi connectivity index (χ4v) is 2.39. The van der Waals surface area contributed by atoms with E-state index in [1.54, 1.807) is 0 Å². The zero-order valence-corrected chi connectivity index (χ0v) is 12.0. The largest absolute Gasteiger partial charge is 0.368 e. The van der Waals surface area contributed by atoms with Crippen LogP contribution in [0, 0.1) is 5.92 Å². The van der Waals surface area contributed by atoms with Crippen molar-refractivity contribution in [1.82, 2.24) is 10.2 Å². The van der Waals surface area contributed by atoms with Gasteiger partial charge in [-0.15, -0.1) is 0 Å². The lowest BCUT2D eigenvalue weighted by atomic mass is 9.85. The predicted molar refractivity (Wildman–Crippen MR) is 75.3 cm³/mol. The molecule has 0 aromatic heterocycles. The molecule has 4 nitrogen and oxygen atoms in total. The van der Waals surface area contributed by atoms with E-state index in [-0.39, 0.29) is 11.9 Å². The van der Waals surface area contributed by atoms with Gasteiger partial charge in [0, 0.05) is 13.1 Å². The molecule has 1 atom stereocenters. The van der Waals surface area contributed by atoms with Crippen molar-refractivity contribution in [1.29, 1.82) is 0 Å². The molecule has 0 spiro atoms. The summed E-state index contributed by atoms with van der Waals surface area (Å²) in [6, 6.07) is -0.166. The standard InChI is InChI=1S/C14H29N3O/c1-3-9-16-13(14(15)18)8-10-17(4-2)11-12-6-5-7-12/h12-13,16H,3-11H2,1-2H3,(H2,15,18). The lowest BCUT2D eigenvalue weighted by molar-refractivity contribution is -0.120. The Balaban J connectivity index is 2.26. The number of amides is 1. The van der Waals surface area contributed by atoms with Crippen LogP contribution in [0.5, 0.6) is 0 Å². The number of nitrogens with zero attached hydrogens (tertiary/aromatic N) is 1. The topological polar surface area (TPSA) is 58.4 Å². The average molecular weight is 255 g/mol. The van der Waals surface area contributed by atoms with Crippen LogP contribution >= 0.6 is 0 Å². The van der Waals surface area contributed by atoms with Crippen LogP contribution in [-0.2, 0) is 4.79 Å². The molecule has 1 aliphatic rings. The van der Waals surface area contributed by atoms with Crippen LogP contribution in [0.25, 0.3) is 0 Å². The summed E-state index contributed by atoms with van der Waals surface area (Å²) in [6.07, 6.45) is 6.01. The molecule has 0 heterocycles. The first kappa shape index (κ1) is 15.4. The van der Waals surface area contributed by atoms with E-state index in [1.807, 2.05) is 0 Å². The van der Waals surface area contributed by atoms with Crippen LogP contribution in [0.2, 0.25) is 0 Å². The highest BCUT2D eigenvalue weighted by Gasteiger charge is 2.21. The highest BCUT2D eigenvalue weighted by Crippen LogP contribution is 2.27. The molecular weight excluding hydrogens is 226 g/mol. The smallest absolute Gasteiger partial charge is 0.234 e. The third-order valence-corrected chi connectivity index (χ3v) is 3.91. The van der Waals surface area contributed by atoms with Gasteiger partial charge < -0.3 is 16.0 Å². The maximum Gasteiger partial charge on any atom is 0.234 e. The molecule has 1 amide bonds. The van der Waals surface area contributed by atoms with Crippen LogP contribution in [0.1, 0.15) is 46.0 Å². The summed E-state index contributed by atoms with van der Waals surface area (Å²) in [6.45, 7) is 8.38. The van der Waals surface area contributed by atoms with Crippen LogP contribution < -0.4 is 11.1 Å². The minimum Gasteiger partial charge on any atom is -0.368 e. The first-order valence-electron chi connectivity index (χ1n) is 7.42. The predicted octanol–water partition coefficient (Wildman–Crippen LogP) is 1.35. The van der Waals surface area contributed by atoms with E-state index >= 15 is 0 Å². The molecule has 0 bridgehead atoms. The second-order valence-corrected chi connectivity index (χ2v) is 5.39. The molecular formula is C14H29N3O. The number of hydrogen-bond acceptors (Lipinski definition) is 3. The normalized spacial score (nSPS) is 17.7. The van der Waals surface area contributed by atoms with E-state index in [0.717, 1.165) is 38.4 Å². The first-order valence-corrected chi connectivity index (χ1v) is 7.42. The van der Waals surface area contributed by atoms with Crippen LogP contribution in [0.3, 0.4) is 0 Å². The van der Waals surface area contributed by atoms with Crippen molar-refractivity contribution in [3.63, 3.8) is 0 Å². The Bertz CT molecular complexity index is 241. The van der Waals surface area contributed by atoms with Gasteiger partial charge in [0.05, 0.1) is 6.04 Å². The highest BCUT2D eigenvalue weighted by molar-refractivity contribution is 5.79. The van der Waals surface area contributed by atoms with Gasteiger partial charge in [-0.1, -0.05) is 20.3 Å². The lowest BCUT2D eigenvalue weighted by Gasteiger charge is -2.32. The number of rotatable bonds is 10. The van der Waals surface area contributed by atoms with Crippen molar-refractivity contribution in [3.05, 3.63) is 0 Å². The van der Waals surface area contributed by atoms with Crippen LogP contribution in [-0.4, -0.2) is 43.0 Å². The average Bonchev–Trinajstić information content (AvgIpc) is 2.30. The Hall–Kier alpha value is -0.610. The number of carbonyl (C=O) groups is 1. The van der Waals surface area contributed by atoms with E-state index < -0.39 is 0 Å². The SMILES string of the molecule is CCCNC(CCN(CC)CC1CCC1)C(N)=O. The molecule has 1 fully saturated rings. The number of carbonyl (C=O) groups excluding carboxylic acids is 1. The van der Waals surface area contributed by atoms with Gasteiger partial charge in [0.15, 0.2) is 0 Å². The summed E-state index contributed by atoms with van der Waals surface area (Å²) in [5.74, 6) is 0.670. The van der Waals surface area contributed by atoms with Crippen LogP contribution in [0.4, 0.5) is 0 Å². The molecule has 0 saturated heterocycles. The first-order chi connectivity index (χ1) is 8.67. The number of primary amides is 1. The molecule has 0 radical (unpaired) electrons. The Kier molecular flexibility index (Phi) is 7.28. The van der Waals surface area contributed by atoms with Gasteiger partial charge in [-0.05, 0) is 44.7 Å². The number of nitrogens with one attached hydrogen (secondary N) is 1. The monoisotopic (exact) mass is 255 g/mol. The van der Waals surface area contributed by atoms with Gasteiger partial charge in [-0.25, -0.2) is 0 Å². The van der Waals surface area contributed by atoms with E-state index in [1.165, 1.54) is 25.8 Å². The lowest BCUT2D eigenvalue weighted by Crippen LogP contribution is -2.44. The van der Waals surface area contributed by atoms with E-state index in [4.69, 9.17) is 5.73 Å². The third kappa shape index (κ3) is 5.36. The minimum atomic E-state index is -0.219. The fraction of sp³-hybridized carbons (Fsp3) is 0.929. The Labute approximate surface area is 111 Å². The van der Waals surface area contributed by atoms with Crippen LogP contribution in [0.15, 0.2) is 0 Å². The molecule has 3 N–H and O–H groups in total. The van der Waals surface area contributed by atoms with Crippen molar-refractivity contribution in [2.75, 3.05) is 26.2 Å². The second-order valence-electron chi connectivity index (χ2n) is 5.39. The second kappa shape index (κ2) is 8.48. The maximum atomic E-state index is 11.3. The summed E-state index contributed by atoms with van der Waals surface area (Å²) in [5.41, 5.74) is 5.42. The fourth-order valence-electron chi connectivity index (χ4n) is 2.39. The zero-order valence-electron chi connectivity index (χ0n) is 12.0. The Morgan fingerprint density at radius 1 is 1.44 bits per heavy atom. The zero-order chi connectivity index (χ0) is 13.4. The van der Waals surface area contributed by atoms with Gasteiger partial charge in [0.1, 0.15) is 0 Å². The van der Waals surface area contributed by atoms with Gasteiger partial charge in [0.25, 0.3) is 0 Å². The number of nitrogens with two attached hydrogens (primary N) is 1. The van der Waals surface area contributed by atoms with Gasteiger partial charge in [-0.3, -0.25) is 4.79 Å². The van der Waals surface area contributed by atoms with E-state index in [9.17, 15) is 4.79 Å². The van der Waals surface area contributed by atoms with Gasteiger partial charge in [0.2, 0.25) is 5.91 Å². The Morgan fingerprint density at radius 2 is 2.17 bits per heavy atom. The van der Waals surface area contributed by atoms with Gasteiger partial charge >= 0.3 is 0 Å². The Morgan fingerprint density at radius 3 is 2.61 bits per heavy atom. The molecule has 0 aromatic carbocycles. The van der Waals surface area contributed by atoms with Crippen molar-refractivity contribution < 1.29 is 4.79 Å². The third-order valence-electron chi connectivity index (χ3n) is 3.91. The van der Waals surface area contributed by atoms with Crippen molar-refractivity contribution in [2.45, 2.75) is 52.0 Å². The minimum absolute atomic E-state index is 0.166. The molecule has 4 heteroatoms. The molecule has 1 unspecified atom stereocenters. The van der Waals surface area contributed by atoms with Crippen molar-refractivity contribution in [3.8, 4) is 0 Å². The van der Waals surface area contributed by atoms with E-state index in [0.29, 0.717) is 0 Å². The maximum absolute atomic E-state index is 11.3. The van der Waals surface area contributed by atoms with Crippen molar-refractivity contribution >= 4 is 5.91 Å². The summed E-state index contributed by atoms with van der Waals surface area (Å²) in [7, 11) is 0. The quantitative estimate of drug-likeness (QED) is 0.619. The van der Waals surface area contributed by atoms with Crippen molar-refractivity contribution in [2.24, 2.45) is 11.7 Å². The van der Waals surface area contributed by atoms with E-state index in [2.05, 4.69) is 24.1 Å². The summed E-state index contributed by atoms with van der Waals surface area (Å²) in [5, 5.41) is 3.23. The molecule has 18 heavy (non-hydrogen) atoms. The summed E-state index contributed by atoms with van der Waals surface area (Å²) in [4.78, 5) is 13.8. The molecule has 1 saturated carbocycles. The highest BCUT2D eigenvalue weighted by atomic mass is 16.1.